The van der Waals surface area contributed by atoms with Crippen LogP contribution in [-0.4, -0.2) is 23.8 Å². The summed E-state index contributed by atoms with van der Waals surface area (Å²) in [6.07, 6.45) is -0.288. The van der Waals surface area contributed by atoms with E-state index in [-0.39, 0.29) is 12.2 Å². The van der Waals surface area contributed by atoms with Crippen molar-refractivity contribution in [3.63, 3.8) is 0 Å². The molecular weight excluding hydrogens is 310 g/mol. The SMILES string of the molecule is CN1C(=O)[C@](O)(CC(=O)c2cccs2)c2cc(Cl)ccc21. The number of nitrogens with zero attached hydrogens (tertiary/aromatic N) is 1. The predicted molar refractivity (Wildman–Crippen MR) is 82.0 cm³/mol. The molecule has 1 amide bonds. The number of rotatable bonds is 3. The Hall–Kier alpha value is -1.69. The second-order valence-electron chi connectivity index (χ2n) is 4.96. The normalized spacial score (nSPS) is 20.7. The van der Waals surface area contributed by atoms with Gasteiger partial charge in [-0.25, -0.2) is 0 Å². The van der Waals surface area contributed by atoms with E-state index in [1.54, 1.807) is 42.8 Å². The smallest absolute Gasteiger partial charge is 0.263 e. The van der Waals surface area contributed by atoms with Gasteiger partial charge in [0.25, 0.3) is 5.91 Å². The molecule has 0 unspecified atom stereocenters. The van der Waals surface area contributed by atoms with Gasteiger partial charge in [0, 0.05) is 17.6 Å². The van der Waals surface area contributed by atoms with E-state index in [0.717, 1.165) is 0 Å². The molecule has 0 aliphatic carbocycles. The second-order valence-corrected chi connectivity index (χ2v) is 6.35. The third kappa shape index (κ3) is 2.18. The average molecular weight is 322 g/mol. The van der Waals surface area contributed by atoms with Gasteiger partial charge in [0.05, 0.1) is 17.0 Å². The molecule has 0 bridgehead atoms. The summed E-state index contributed by atoms with van der Waals surface area (Å²) in [5.41, 5.74) is -0.894. The first kappa shape index (κ1) is 14.3. The van der Waals surface area contributed by atoms with E-state index in [1.807, 2.05) is 0 Å². The lowest BCUT2D eigenvalue weighted by molar-refractivity contribution is -0.135. The molecule has 0 fully saturated rings. The van der Waals surface area contributed by atoms with E-state index in [4.69, 9.17) is 11.6 Å². The molecular formula is C15H12ClNO3S. The van der Waals surface area contributed by atoms with Gasteiger partial charge >= 0.3 is 0 Å². The molecule has 1 atom stereocenters. The van der Waals surface area contributed by atoms with Gasteiger partial charge in [0.15, 0.2) is 11.4 Å². The highest BCUT2D eigenvalue weighted by Crippen LogP contribution is 2.43. The zero-order valence-electron chi connectivity index (χ0n) is 11.2. The lowest BCUT2D eigenvalue weighted by atomic mass is 9.89. The van der Waals surface area contributed by atoms with Crippen LogP contribution in [0, 0.1) is 0 Å². The summed E-state index contributed by atoms with van der Waals surface area (Å²) in [4.78, 5) is 26.5. The van der Waals surface area contributed by atoms with Crippen LogP contribution < -0.4 is 4.90 Å². The Morgan fingerprint density at radius 2 is 2.19 bits per heavy atom. The molecule has 0 saturated carbocycles. The number of likely N-dealkylation sites (N-methyl/N-ethyl adjacent to an activating group) is 1. The highest BCUT2D eigenvalue weighted by molar-refractivity contribution is 7.12. The van der Waals surface area contributed by atoms with Crippen LogP contribution in [0.4, 0.5) is 5.69 Å². The van der Waals surface area contributed by atoms with Crippen molar-refractivity contribution in [3.8, 4) is 0 Å². The van der Waals surface area contributed by atoms with E-state index in [0.29, 0.717) is 21.2 Å². The average Bonchev–Trinajstić information content (AvgIpc) is 3.04. The maximum absolute atomic E-state index is 12.4. The van der Waals surface area contributed by atoms with Crippen LogP contribution >= 0.6 is 22.9 Å². The van der Waals surface area contributed by atoms with E-state index in [2.05, 4.69) is 0 Å². The Kier molecular flexibility index (Phi) is 3.36. The number of aliphatic hydroxyl groups is 1. The van der Waals surface area contributed by atoms with Gasteiger partial charge in [-0.05, 0) is 29.6 Å². The van der Waals surface area contributed by atoms with Gasteiger partial charge in [0.1, 0.15) is 0 Å². The summed E-state index contributed by atoms with van der Waals surface area (Å²) in [6, 6.07) is 8.30. The van der Waals surface area contributed by atoms with Crippen LogP contribution in [0.3, 0.4) is 0 Å². The lowest BCUT2D eigenvalue weighted by Gasteiger charge is -2.20. The largest absolute Gasteiger partial charge is 0.375 e. The number of halogens is 1. The zero-order chi connectivity index (χ0) is 15.2. The zero-order valence-corrected chi connectivity index (χ0v) is 12.7. The Morgan fingerprint density at radius 1 is 1.43 bits per heavy atom. The summed E-state index contributed by atoms with van der Waals surface area (Å²) >= 11 is 7.25. The molecule has 1 aliphatic rings. The van der Waals surface area contributed by atoms with Gasteiger partial charge in [-0.1, -0.05) is 17.7 Å². The Labute approximate surface area is 130 Å². The number of benzene rings is 1. The Morgan fingerprint density at radius 3 is 2.86 bits per heavy atom. The molecule has 108 valence electrons. The number of thiophene rings is 1. The molecule has 1 aromatic heterocycles. The Balaban J connectivity index is 2.03. The van der Waals surface area contributed by atoms with Gasteiger partial charge in [0.2, 0.25) is 0 Å². The van der Waals surface area contributed by atoms with Crippen LogP contribution in [0.25, 0.3) is 0 Å². The molecule has 3 rings (SSSR count). The molecule has 0 radical (unpaired) electrons. The molecule has 0 saturated heterocycles. The first-order valence-corrected chi connectivity index (χ1v) is 7.56. The fourth-order valence-electron chi connectivity index (χ4n) is 2.56. The van der Waals surface area contributed by atoms with E-state index < -0.39 is 11.5 Å². The number of Topliss-reactive ketones (excluding diaryl/α,β-unsaturated/α-hetero) is 1. The molecule has 1 aliphatic heterocycles. The predicted octanol–water partition coefficient (Wildman–Crippen LogP) is 2.84. The van der Waals surface area contributed by atoms with Gasteiger partial charge < -0.3 is 10.0 Å². The third-order valence-corrected chi connectivity index (χ3v) is 4.78. The number of anilines is 1. The van der Waals surface area contributed by atoms with Crippen LogP contribution in [0.5, 0.6) is 0 Å². The quantitative estimate of drug-likeness (QED) is 0.884. The minimum Gasteiger partial charge on any atom is -0.375 e. The molecule has 0 spiro atoms. The van der Waals surface area contributed by atoms with Crippen molar-refractivity contribution in [1.29, 1.82) is 0 Å². The fourth-order valence-corrected chi connectivity index (χ4v) is 3.40. The van der Waals surface area contributed by atoms with Crippen LogP contribution in [0.2, 0.25) is 5.02 Å². The van der Waals surface area contributed by atoms with Gasteiger partial charge in [-0.2, -0.15) is 0 Å². The van der Waals surface area contributed by atoms with Crippen molar-refractivity contribution in [2.24, 2.45) is 0 Å². The molecule has 21 heavy (non-hydrogen) atoms. The first-order valence-electron chi connectivity index (χ1n) is 6.31. The minimum atomic E-state index is -1.85. The maximum Gasteiger partial charge on any atom is 0.263 e. The molecule has 4 nitrogen and oxygen atoms in total. The number of ketones is 1. The summed E-state index contributed by atoms with van der Waals surface area (Å²) in [6.45, 7) is 0. The maximum atomic E-state index is 12.4. The van der Waals surface area contributed by atoms with Crippen molar-refractivity contribution < 1.29 is 14.7 Å². The van der Waals surface area contributed by atoms with E-state index in [1.165, 1.54) is 16.2 Å². The van der Waals surface area contributed by atoms with Gasteiger partial charge in [-0.3, -0.25) is 9.59 Å². The Bertz CT molecular complexity index is 729. The standard InChI is InChI=1S/C15H12ClNO3S/c1-17-11-5-4-9(16)7-10(11)15(20,14(17)19)8-12(18)13-3-2-6-21-13/h2-7,20H,8H2,1H3/t15-/m0/s1. The third-order valence-electron chi connectivity index (χ3n) is 3.64. The molecule has 6 heteroatoms. The van der Waals surface area contributed by atoms with Crippen molar-refractivity contribution in [2.45, 2.75) is 12.0 Å². The highest BCUT2D eigenvalue weighted by atomic mass is 35.5. The van der Waals surface area contributed by atoms with Crippen molar-refractivity contribution in [3.05, 3.63) is 51.2 Å². The van der Waals surface area contributed by atoms with Gasteiger partial charge in [-0.15, -0.1) is 11.3 Å². The molecule has 1 N–H and O–H groups in total. The lowest BCUT2D eigenvalue weighted by Crippen LogP contribution is -2.40. The number of carbonyl (C=O) groups is 2. The summed E-state index contributed by atoms with van der Waals surface area (Å²) in [5, 5.41) is 13.0. The highest BCUT2D eigenvalue weighted by Gasteiger charge is 2.49. The summed E-state index contributed by atoms with van der Waals surface area (Å²) < 4.78 is 0. The number of fused-ring (bicyclic) bond motifs is 1. The monoisotopic (exact) mass is 321 g/mol. The van der Waals surface area contributed by atoms with E-state index in [9.17, 15) is 14.7 Å². The first-order chi connectivity index (χ1) is 9.93. The fraction of sp³-hybridized carbons (Fsp3) is 0.200. The van der Waals surface area contributed by atoms with Crippen molar-refractivity contribution in [1.82, 2.24) is 0 Å². The second kappa shape index (κ2) is 4.94. The number of carbonyl (C=O) groups excluding carboxylic acids is 2. The number of hydrogen-bond donors (Lipinski definition) is 1. The number of amides is 1. The molecule has 2 aromatic rings. The molecule has 2 heterocycles. The van der Waals surface area contributed by atoms with Crippen LogP contribution in [-0.2, 0) is 10.4 Å². The van der Waals surface area contributed by atoms with Crippen LogP contribution in [0.1, 0.15) is 21.7 Å². The summed E-state index contributed by atoms with van der Waals surface area (Å²) in [5.74, 6) is -0.772. The van der Waals surface area contributed by atoms with Crippen molar-refractivity contribution >= 4 is 40.3 Å². The topological polar surface area (TPSA) is 57.6 Å². The number of hydrogen-bond acceptors (Lipinski definition) is 4. The molecule has 1 aromatic carbocycles. The minimum absolute atomic E-state index is 0.262. The summed E-state index contributed by atoms with van der Waals surface area (Å²) in [7, 11) is 1.57. The van der Waals surface area contributed by atoms with Crippen molar-refractivity contribution in [2.75, 3.05) is 11.9 Å². The van der Waals surface area contributed by atoms with E-state index >= 15 is 0 Å². The van der Waals surface area contributed by atoms with Crippen LogP contribution in [0.15, 0.2) is 35.7 Å².